The second-order valence-electron chi connectivity index (χ2n) is 6.34. The molecule has 1 fully saturated rings. The van der Waals surface area contributed by atoms with Crippen LogP contribution in [-0.4, -0.2) is 49.6 Å². The predicted molar refractivity (Wildman–Crippen MR) is 96.0 cm³/mol. The van der Waals surface area contributed by atoms with Gasteiger partial charge in [0.15, 0.2) is 0 Å². The Morgan fingerprint density at radius 3 is 2.88 bits per heavy atom. The van der Waals surface area contributed by atoms with Crippen LogP contribution in [0.2, 0.25) is 0 Å². The summed E-state index contributed by atoms with van der Waals surface area (Å²) in [5, 5.41) is 2.95. The number of likely N-dealkylation sites (tertiary alicyclic amines) is 1. The number of amides is 3. The summed E-state index contributed by atoms with van der Waals surface area (Å²) >= 11 is 0. The highest BCUT2D eigenvalue weighted by atomic mass is 16.2. The minimum Gasteiger partial charge on any atom is -0.370 e. The average molecular weight is 332 g/mol. The lowest BCUT2D eigenvalue weighted by molar-refractivity contribution is -0.123. The molecule has 1 aliphatic heterocycles. The number of primary amides is 1. The van der Waals surface area contributed by atoms with Crippen LogP contribution in [-0.2, 0) is 4.79 Å². The highest BCUT2D eigenvalue weighted by Gasteiger charge is 2.26. The Labute approximate surface area is 144 Å². The van der Waals surface area contributed by atoms with E-state index >= 15 is 0 Å². The third-order valence-electron chi connectivity index (χ3n) is 4.52. The third-order valence-corrected chi connectivity index (χ3v) is 4.52. The zero-order valence-corrected chi connectivity index (χ0v) is 14.6. The topological polar surface area (TPSA) is 78.7 Å². The summed E-state index contributed by atoms with van der Waals surface area (Å²) in [5.74, 6) is -0.534. The summed E-state index contributed by atoms with van der Waals surface area (Å²) in [4.78, 5) is 27.5. The SMILES string of the molecule is CCN(CCNC(=O)N1CCC[C@H](C(N)=O)C1)c1cccc(C)c1. The molecule has 1 aliphatic rings. The van der Waals surface area contributed by atoms with Crippen LogP contribution >= 0.6 is 0 Å². The lowest BCUT2D eigenvalue weighted by atomic mass is 9.98. The van der Waals surface area contributed by atoms with E-state index < -0.39 is 0 Å². The van der Waals surface area contributed by atoms with Crippen molar-refractivity contribution >= 4 is 17.6 Å². The molecule has 1 saturated heterocycles. The predicted octanol–water partition coefficient (Wildman–Crippen LogP) is 1.73. The summed E-state index contributed by atoms with van der Waals surface area (Å²) in [5.41, 5.74) is 7.75. The fourth-order valence-corrected chi connectivity index (χ4v) is 3.10. The number of nitrogens with two attached hydrogens (primary N) is 1. The van der Waals surface area contributed by atoms with E-state index in [0.717, 1.165) is 25.9 Å². The van der Waals surface area contributed by atoms with Crippen LogP contribution in [0.4, 0.5) is 10.5 Å². The van der Waals surface area contributed by atoms with Gasteiger partial charge in [0.2, 0.25) is 5.91 Å². The second-order valence-corrected chi connectivity index (χ2v) is 6.34. The molecule has 132 valence electrons. The Balaban J connectivity index is 1.82. The smallest absolute Gasteiger partial charge is 0.317 e. The van der Waals surface area contributed by atoms with E-state index in [4.69, 9.17) is 5.73 Å². The van der Waals surface area contributed by atoms with Crippen molar-refractivity contribution in [3.63, 3.8) is 0 Å². The minimum atomic E-state index is -0.316. The lowest BCUT2D eigenvalue weighted by Crippen LogP contribution is -2.49. The maximum Gasteiger partial charge on any atom is 0.317 e. The number of urea groups is 1. The molecule has 24 heavy (non-hydrogen) atoms. The highest BCUT2D eigenvalue weighted by Crippen LogP contribution is 2.16. The standard InChI is InChI=1S/C18H28N4O2/c1-3-21(16-8-4-6-14(2)12-16)11-9-20-18(24)22-10-5-7-15(13-22)17(19)23/h4,6,8,12,15H,3,5,7,9-11,13H2,1-2H3,(H2,19,23)(H,20,24)/t15-/m0/s1. The Hall–Kier alpha value is -2.24. The van der Waals surface area contributed by atoms with Crippen molar-refractivity contribution in [1.29, 1.82) is 0 Å². The van der Waals surface area contributed by atoms with Crippen molar-refractivity contribution in [2.24, 2.45) is 11.7 Å². The van der Waals surface area contributed by atoms with Crippen molar-refractivity contribution < 1.29 is 9.59 Å². The van der Waals surface area contributed by atoms with Crippen LogP contribution in [0.3, 0.4) is 0 Å². The van der Waals surface area contributed by atoms with Crippen molar-refractivity contribution in [1.82, 2.24) is 10.2 Å². The number of carbonyl (C=O) groups excluding carboxylic acids is 2. The van der Waals surface area contributed by atoms with Crippen LogP contribution in [0.5, 0.6) is 0 Å². The van der Waals surface area contributed by atoms with Gasteiger partial charge in [0, 0.05) is 38.4 Å². The molecule has 0 saturated carbocycles. The van der Waals surface area contributed by atoms with Gasteiger partial charge >= 0.3 is 6.03 Å². The van der Waals surface area contributed by atoms with E-state index in [1.807, 2.05) is 6.07 Å². The Morgan fingerprint density at radius 2 is 2.21 bits per heavy atom. The van der Waals surface area contributed by atoms with Gasteiger partial charge in [-0.1, -0.05) is 12.1 Å². The molecule has 2 rings (SSSR count). The molecule has 3 N–H and O–H groups in total. The highest BCUT2D eigenvalue weighted by molar-refractivity contribution is 5.79. The molecule has 6 heteroatoms. The van der Waals surface area contributed by atoms with Gasteiger partial charge in [0.25, 0.3) is 0 Å². The van der Waals surface area contributed by atoms with Crippen LogP contribution in [0.25, 0.3) is 0 Å². The first-order chi connectivity index (χ1) is 11.5. The molecule has 1 aromatic carbocycles. The number of aryl methyl sites for hydroxylation is 1. The van der Waals surface area contributed by atoms with Gasteiger partial charge in [-0.25, -0.2) is 4.79 Å². The van der Waals surface area contributed by atoms with Crippen molar-refractivity contribution in [2.75, 3.05) is 37.6 Å². The summed E-state index contributed by atoms with van der Waals surface area (Å²) in [6.45, 7) is 7.49. The quantitative estimate of drug-likeness (QED) is 0.833. The maximum absolute atomic E-state index is 12.3. The third kappa shape index (κ3) is 4.88. The number of likely N-dealkylation sites (N-methyl/N-ethyl adjacent to an activating group) is 1. The first-order valence-electron chi connectivity index (χ1n) is 8.65. The van der Waals surface area contributed by atoms with Crippen molar-refractivity contribution in [2.45, 2.75) is 26.7 Å². The summed E-state index contributed by atoms with van der Waals surface area (Å²) in [6, 6.07) is 8.24. The van der Waals surface area contributed by atoms with Gasteiger partial charge in [0.1, 0.15) is 0 Å². The van der Waals surface area contributed by atoms with Crippen LogP contribution in [0, 0.1) is 12.8 Å². The molecule has 0 unspecified atom stereocenters. The average Bonchev–Trinajstić information content (AvgIpc) is 2.58. The summed E-state index contributed by atoms with van der Waals surface area (Å²) in [6.07, 6.45) is 1.60. The number of benzene rings is 1. The van der Waals surface area contributed by atoms with E-state index in [0.29, 0.717) is 19.6 Å². The number of carbonyl (C=O) groups is 2. The van der Waals surface area contributed by atoms with Crippen LogP contribution < -0.4 is 16.0 Å². The van der Waals surface area contributed by atoms with E-state index in [9.17, 15) is 9.59 Å². The number of hydrogen-bond acceptors (Lipinski definition) is 3. The number of nitrogens with one attached hydrogen (secondary N) is 1. The number of piperidine rings is 1. The molecule has 0 aromatic heterocycles. The summed E-state index contributed by atoms with van der Waals surface area (Å²) in [7, 11) is 0. The zero-order valence-electron chi connectivity index (χ0n) is 14.6. The molecular weight excluding hydrogens is 304 g/mol. The largest absolute Gasteiger partial charge is 0.370 e. The number of hydrogen-bond donors (Lipinski definition) is 2. The Morgan fingerprint density at radius 1 is 1.42 bits per heavy atom. The fourth-order valence-electron chi connectivity index (χ4n) is 3.10. The van der Waals surface area contributed by atoms with Gasteiger partial charge < -0.3 is 20.9 Å². The van der Waals surface area contributed by atoms with Crippen molar-refractivity contribution in [3.05, 3.63) is 29.8 Å². The number of rotatable bonds is 6. The molecule has 0 spiro atoms. The molecule has 0 aliphatic carbocycles. The van der Waals surface area contributed by atoms with Gasteiger partial charge in [0.05, 0.1) is 5.92 Å². The summed E-state index contributed by atoms with van der Waals surface area (Å²) < 4.78 is 0. The van der Waals surface area contributed by atoms with E-state index in [1.54, 1.807) is 4.90 Å². The fraction of sp³-hybridized carbons (Fsp3) is 0.556. The number of anilines is 1. The van der Waals surface area contributed by atoms with Gasteiger partial charge in [-0.05, 0) is 44.4 Å². The van der Waals surface area contributed by atoms with Gasteiger partial charge in [-0.2, -0.15) is 0 Å². The minimum absolute atomic E-state index is 0.110. The van der Waals surface area contributed by atoms with E-state index in [1.165, 1.54) is 11.3 Å². The monoisotopic (exact) mass is 332 g/mol. The van der Waals surface area contributed by atoms with Crippen LogP contribution in [0.15, 0.2) is 24.3 Å². The van der Waals surface area contributed by atoms with Gasteiger partial charge in [-0.15, -0.1) is 0 Å². The molecule has 1 aromatic rings. The molecular formula is C18H28N4O2. The lowest BCUT2D eigenvalue weighted by Gasteiger charge is -2.31. The Bertz CT molecular complexity index is 576. The zero-order chi connectivity index (χ0) is 17.5. The molecule has 0 radical (unpaired) electrons. The first kappa shape index (κ1) is 18.1. The molecule has 6 nitrogen and oxygen atoms in total. The van der Waals surface area contributed by atoms with E-state index in [-0.39, 0.29) is 17.9 Å². The number of nitrogens with zero attached hydrogens (tertiary/aromatic N) is 2. The maximum atomic E-state index is 12.3. The molecule has 3 amide bonds. The van der Waals surface area contributed by atoms with Gasteiger partial charge in [-0.3, -0.25) is 4.79 Å². The van der Waals surface area contributed by atoms with E-state index in [2.05, 4.69) is 42.3 Å². The molecule has 1 heterocycles. The van der Waals surface area contributed by atoms with Crippen LogP contribution in [0.1, 0.15) is 25.3 Å². The first-order valence-corrected chi connectivity index (χ1v) is 8.65. The molecule has 1 atom stereocenters. The normalized spacial score (nSPS) is 17.4. The Kier molecular flexibility index (Phi) is 6.46. The molecule has 0 bridgehead atoms. The second kappa shape index (κ2) is 8.57. The van der Waals surface area contributed by atoms with Crippen molar-refractivity contribution in [3.8, 4) is 0 Å².